The molecule has 2 aromatic heterocycles. The third kappa shape index (κ3) is 4.11. The van der Waals surface area contributed by atoms with Crippen molar-refractivity contribution in [3.05, 3.63) is 65.8 Å². The standard InChI is InChI=1S/C22H21N5O4/c1-13-18(22(28)24-19-11-17(29-3)9-10-20(19)30-4)12-27(25-13)16-7-5-15(6-8-16)21-23-14(2)31-26-21/h5-12H,1-4H3,(H,24,28). The van der Waals surface area contributed by atoms with Crippen LogP contribution in [-0.4, -0.2) is 40.0 Å². The number of nitrogens with zero attached hydrogens (tertiary/aromatic N) is 4. The van der Waals surface area contributed by atoms with Crippen LogP contribution in [0.15, 0.2) is 53.2 Å². The van der Waals surface area contributed by atoms with Crippen molar-refractivity contribution in [2.75, 3.05) is 19.5 Å². The van der Waals surface area contributed by atoms with Crippen LogP contribution in [0.3, 0.4) is 0 Å². The Hall–Kier alpha value is -4.14. The highest BCUT2D eigenvalue weighted by Gasteiger charge is 2.17. The zero-order valence-corrected chi connectivity index (χ0v) is 17.5. The average Bonchev–Trinajstić information content (AvgIpc) is 3.39. The van der Waals surface area contributed by atoms with Gasteiger partial charge in [-0.3, -0.25) is 4.79 Å². The molecule has 0 aliphatic heterocycles. The minimum absolute atomic E-state index is 0.297. The molecule has 158 valence electrons. The lowest BCUT2D eigenvalue weighted by Crippen LogP contribution is -2.13. The summed E-state index contributed by atoms with van der Waals surface area (Å²) in [4.78, 5) is 17.1. The number of anilines is 1. The summed E-state index contributed by atoms with van der Waals surface area (Å²) in [6.45, 7) is 3.52. The number of amides is 1. The number of hydrogen-bond acceptors (Lipinski definition) is 7. The van der Waals surface area contributed by atoms with Crippen molar-refractivity contribution in [2.24, 2.45) is 0 Å². The first-order valence-electron chi connectivity index (χ1n) is 9.49. The molecule has 0 bridgehead atoms. The molecule has 31 heavy (non-hydrogen) atoms. The van der Waals surface area contributed by atoms with E-state index >= 15 is 0 Å². The summed E-state index contributed by atoms with van der Waals surface area (Å²) in [5.41, 5.74) is 3.18. The van der Waals surface area contributed by atoms with Crippen molar-refractivity contribution in [1.82, 2.24) is 19.9 Å². The maximum Gasteiger partial charge on any atom is 0.259 e. The van der Waals surface area contributed by atoms with Gasteiger partial charge in [0.15, 0.2) is 0 Å². The van der Waals surface area contributed by atoms with Crippen molar-refractivity contribution in [3.63, 3.8) is 0 Å². The van der Waals surface area contributed by atoms with Crippen LogP contribution in [0.2, 0.25) is 0 Å². The zero-order valence-electron chi connectivity index (χ0n) is 17.5. The van der Waals surface area contributed by atoms with E-state index in [4.69, 9.17) is 14.0 Å². The lowest BCUT2D eigenvalue weighted by atomic mass is 10.2. The Morgan fingerprint density at radius 1 is 1.06 bits per heavy atom. The van der Waals surface area contributed by atoms with Crippen molar-refractivity contribution in [2.45, 2.75) is 13.8 Å². The van der Waals surface area contributed by atoms with Gasteiger partial charge >= 0.3 is 0 Å². The second-order valence-electron chi connectivity index (χ2n) is 6.78. The maximum atomic E-state index is 12.9. The van der Waals surface area contributed by atoms with Gasteiger partial charge in [0.2, 0.25) is 11.7 Å². The second kappa shape index (κ2) is 8.31. The lowest BCUT2D eigenvalue weighted by molar-refractivity contribution is 0.102. The number of benzene rings is 2. The number of carbonyl (C=O) groups is 1. The van der Waals surface area contributed by atoms with Crippen LogP contribution >= 0.6 is 0 Å². The van der Waals surface area contributed by atoms with Crippen LogP contribution in [0.5, 0.6) is 11.5 Å². The molecule has 0 spiro atoms. The first-order valence-corrected chi connectivity index (χ1v) is 9.49. The highest BCUT2D eigenvalue weighted by molar-refractivity contribution is 6.05. The molecule has 0 saturated carbocycles. The Morgan fingerprint density at radius 3 is 2.48 bits per heavy atom. The summed E-state index contributed by atoms with van der Waals surface area (Å²) < 4.78 is 17.2. The van der Waals surface area contributed by atoms with Gasteiger partial charge in [-0.1, -0.05) is 5.16 Å². The molecular weight excluding hydrogens is 398 g/mol. The fourth-order valence-electron chi connectivity index (χ4n) is 3.10. The monoisotopic (exact) mass is 419 g/mol. The predicted octanol–water partition coefficient (Wildman–Crippen LogP) is 3.81. The molecule has 9 heteroatoms. The number of methoxy groups -OCH3 is 2. The van der Waals surface area contributed by atoms with Crippen LogP contribution in [-0.2, 0) is 0 Å². The number of rotatable bonds is 6. The third-order valence-electron chi connectivity index (χ3n) is 4.72. The van der Waals surface area contributed by atoms with E-state index < -0.39 is 0 Å². The smallest absolute Gasteiger partial charge is 0.259 e. The number of carbonyl (C=O) groups excluding carboxylic acids is 1. The van der Waals surface area contributed by atoms with Crippen LogP contribution < -0.4 is 14.8 Å². The molecule has 1 N–H and O–H groups in total. The molecule has 0 aliphatic rings. The highest BCUT2D eigenvalue weighted by atomic mass is 16.5. The van der Waals surface area contributed by atoms with Gasteiger partial charge in [-0.05, 0) is 43.3 Å². The minimum Gasteiger partial charge on any atom is -0.497 e. The van der Waals surface area contributed by atoms with E-state index in [0.717, 1.165) is 11.3 Å². The van der Waals surface area contributed by atoms with Gasteiger partial charge in [0.25, 0.3) is 5.91 Å². The Kier molecular flexibility index (Phi) is 5.40. The van der Waals surface area contributed by atoms with E-state index in [2.05, 4.69) is 20.6 Å². The van der Waals surface area contributed by atoms with E-state index in [-0.39, 0.29) is 5.91 Å². The molecule has 0 radical (unpaired) electrons. The number of aryl methyl sites for hydroxylation is 2. The number of aromatic nitrogens is 4. The number of hydrogen-bond donors (Lipinski definition) is 1. The summed E-state index contributed by atoms with van der Waals surface area (Å²) in [6, 6.07) is 12.7. The number of ether oxygens (including phenoxy) is 2. The van der Waals surface area contributed by atoms with Gasteiger partial charge in [0.05, 0.1) is 36.9 Å². The molecule has 0 unspecified atom stereocenters. The van der Waals surface area contributed by atoms with Gasteiger partial charge < -0.3 is 19.3 Å². The normalized spacial score (nSPS) is 10.7. The van der Waals surface area contributed by atoms with Crippen molar-refractivity contribution >= 4 is 11.6 Å². The maximum absolute atomic E-state index is 12.9. The molecule has 0 atom stereocenters. The lowest BCUT2D eigenvalue weighted by Gasteiger charge is -2.11. The topological polar surface area (TPSA) is 104 Å². The fourth-order valence-corrected chi connectivity index (χ4v) is 3.10. The molecule has 0 fully saturated rings. The largest absolute Gasteiger partial charge is 0.497 e. The number of nitrogens with one attached hydrogen (secondary N) is 1. The Balaban J connectivity index is 1.57. The summed E-state index contributed by atoms with van der Waals surface area (Å²) >= 11 is 0. The first-order chi connectivity index (χ1) is 15.0. The summed E-state index contributed by atoms with van der Waals surface area (Å²) in [7, 11) is 3.10. The van der Waals surface area contributed by atoms with E-state index in [0.29, 0.717) is 40.2 Å². The predicted molar refractivity (Wildman–Crippen MR) is 114 cm³/mol. The summed E-state index contributed by atoms with van der Waals surface area (Å²) in [5, 5.41) is 11.3. The minimum atomic E-state index is -0.297. The Morgan fingerprint density at radius 2 is 1.84 bits per heavy atom. The molecule has 4 aromatic rings. The fraction of sp³-hybridized carbons (Fsp3) is 0.182. The summed E-state index contributed by atoms with van der Waals surface area (Å²) in [6.07, 6.45) is 1.69. The molecule has 0 aliphatic carbocycles. The molecule has 1 amide bonds. The molecular formula is C22H21N5O4. The van der Waals surface area contributed by atoms with Crippen LogP contribution in [0.1, 0.15) is 21.9 Å². The second-order valence-corrected chi connectivity index (χ2v) is 6.78. The average molecular weight is 419 g/mol. The Labute approximate surface area is 178 Å². The van der Waals surface area contributed by atoms with Gasteiger partial charge in [0.1, 0.15) is 11.5 Å². The third-order valence-corrected chi connectivity index (χ3v) is 4.72. The van der Waals surface area contributed by atoms with Crippen molar-refractivity contribution in [3.8, 4) is 28.6 Å². The molecule has 4 rings (SSSR count). The van der Waals surface area contributed by atoms with Crippen LogP contribution in [0.4, 0.5) is 5.69 Å². The summed E-state index contributed by atoms with van der Waals surface area (Å²) in [5.74, 6) is 1.87. The molecule has 2 heterocycles. The van der Waals surface area contributed by atoms with Crippen LogP contribution in [0, 0.1) is 13.8 Å². The van der Waals surface area contributed by atoms with E-state index in [9.17, 15) is 4.79 Å². The van der Waals surface area contributed by atoms with Gasteiger partial charge in [0, 0.05) is 24.8 Å². The van der Waals surface area contributed by atoms with Gasteiger partial charge in [-0.25, -0.2) is 4.68 Å². The molecule has 2 aromatic carbocycles. The van der Waals surface area contributed by atoms with E-state index in [1.54, 1.807) is 57.1 Å². The van der Waals surface area contributed by atoms with Gasteiger partial charge in [-0.15, -0.1) is 0 Å². The Bertz CT molecular complexity index is 1230. The molecule has 9 nitrogen and oxygen atoms in total. The van der Waals surface area contributed by atoms with Crippen molar-refractivity contribution in [1.29, 1.82) is 0 Å². The van der Waals surface area contributed by atoms with E-state index in [1.807, 2.05) is 24.3 Å². The van der Waals surface area contributed by atoms with Crippen molar-refractivity contribution < 1.29 is 18.8 Å². The zero-order chi connectivity index (χ0) is 22.0. The first kappa shape index (κ1) is 20.1. The quantitative estimate of drug-likeness (QED) is 0.507. The SMILES string of the molecule is COc1ccc(OC)c(NC(=O)c2cn(-c3ccc(-c4noc(C)n4)cc3)nc2C)c1. The molecule has 0 saturated heterocycles. The van der Waals surface area contributed by atoms with Crippen LogP contribution in [0.25, 0.3) is 17.1 Å². The van der Waals surface area contributed by atoms with Gasteiger partial charge in [-0.2, -0.15) is 10.1 Å². The van der Waals surface area contributed by atoms with E-state index in [1.165, 1.54) is 0 Å². The highest BCUT2D eigenvalue weighted by Crippen LogP contribution is 2.29.